The van der Waals surface area contributed by atoms with Crippen molar-refractivity contribution in [2.45, 2.75) is 83.6 Å². The molecule has 1 fully saturated rings. The van der Waals surface area contributed by atoms with Gasteiger partial charge in [-0.15, -0.1) is 12.4 Å². The van der Waals surface area contributed by atoms with Gasteiger partial charge in [0.25, 0.3) is 0 Å². The van der Waals surface area contributed by atoms with Gasteiger partial charge in [-0.1, -0.05) is 58.8 Å². The second kappa shape index (κ2) is 13.0. The Bertz CT molecular complexity index is 448. The normalized spacial score (nSPS) is 19.8. The number of carbonyl (C=O) groups excluding carboxylic acids is 3. The summed E-state index contributed by atoms with van der Waals surface area (Å²) in [5.41, 5.74) is 4.60. The van der Waals surface area contributed by atoms with Gasteiger partial charge in [-0.05, 0) is 25.2 Å². The Balaban J connectivity index is 0.00000625. The molecular weight excluding hydrogens is 354 g/mol. The molecule has 0 radical (unpaired) electrons. The van der Waals surface area contributed by atoms with Crippen molar-refractivity contribution in [1.82, 2.24) is 10.6 Å². The molecule has 1 aliphatic heterocycles. The molecule has 3 atom stereocenters. The van der Waals surface area contributed by atoms with Crippen LogP contribution in [0.2, 0.25) is 0 Å². The first-order valence-electron chi connectivity index (χ1n) is 9.80. The van der Waals surface area contributed by atoms with Crippen LogP contribution in [0.15, 0.2) is 0 Å². The molecule has 1 saturated heterocycles. The first-order chi connectivity index (χ1) is 12.0. The summed E-state index contributed by atoms with van der Waals surface area (Å²) >= 11 is 0. The predicted molar refractivity (Wildman–Crippen MR) is 106 cm³/mol. The van der Waals surface area contributed by atoms with E-state index in [1.807, 2.05) is 6.92 Å². The molecule has 3 amide bonds. The van der Waals surface area contributed by atoms with Crippen LogP contribution in [-0.4, -0.2) is 30.3 Å². The monoisotopic (exact) mass is 389 g/mol. The molecule has 4 N–H and O–H groups in total. The molecule has 26 heavy (non-hydrogen) atoms. The van der Waals surface area contributed by atoms with Crippen LogP contribution >= 0.6 is 12.4 Å². The summed E-state index contributed by atoms with van der Waals surface area (Å²) in [7, 11) is 0. The van der Waals surface area contributed by atoms with Crippen molar-refractivity contribution in [2.75, 3.05) is 6.54 Å². The first-order valence-corrected chi connectivity index (χ1v) is 9.80. The fourth-order valence-corrected chi connectivity index (χ4v) is 4.02. The van der Waals surface area contributed by atoms with Crippen LogP contribution in [0.4, 0.5) is 0 Å². The number of carbonyl (C=O) groups is 3. The minimum Gasteiger partial charge on any atom is -0.368 e. The van der Waals surface area contributed by atoms with Crippen molar-refractivity contribution in [1.29, 1.82) is 0 Å². The van der Waals surface area contributed by atoms with E-state index in [0.717, 1.165) is 25.7 Å². The third-order valence-corrected chi connectivity index (χ3v) is 5.58. The molecule has 0 aromatic heterocycles. The maximum absolute atomic E-state index is 12.3. The first kappa shape index (κ1) is 24.7. The standard InChI is InChI=1S/C19H35N3O3.ClH/c1-3-5-6-7-8-9-10-16(4-2)19(18(20)25,22-14-23)13-15-11-12-21-17(15)24;/h14-16H,3-13H2,1-2H3,(H2,20,25)(H,21,24)(H,22,23);1H/t15-,16?,19?;/m0./s1. The van der Waals surface area contributed by atoms with Gasteiger partial charge in [0, 0.05) is 12.5 Å². The zero-order valence-electron chi connectivity index (χ0n) is 16.2. The van der Waals surface area contributed by atoms with Gasteiger partial charge in [0.2, 0.25) is 18.2 Å². The zero-order chi connectivity index (χ0) is 18.7. The molecule has 152 valence electrons. The van der Waals surface area contributed by atoms with Crippen molar-refractivity contribution >= 4 is 30.6 Å². The molecule has 1 heterocycles. The van der Waals surface area contributed by atoms with Gasteiger partial charge in [0.1, 0.15) is 5.54 Å². The third kappa shape index (κ3) is 6.78. The topological polar surface area (TPSA) is 101 Å². The summed E-state index contributed by atoms with van der Waals surface area (Å²) in [6.07, 6.45) is 10.1. The van der Waals surface area contributed by atoms with Gasteiger partial charge >= 0.3 is 0 Å². The highest BCUT2D eigenvalue weighted by Gasteiger charge is 2.46. The summed E-state index contributed by atoms with van der Waals surface area (Å²) in [5.74, 6) is -0.891. The fourth-order valence-electron chi connectivity index (χ4n) is 4.02. The molecule has 1 aliphatic rings. The number of primary amides is 1. The number of hydrogen-bond donors (Lipinski definition) is 3. The summed E-state index contributed by atoms with van der Waals surface area (Å²) < 4.78 is 0. The van der Waals surface area contributed by atoms with Gasteiger partial charge in [-0.3, -0.25) is 14.4 Å². The Hall–Kier alpha value is -1.30. The lowest BCUT2D eigenvalue weighted by Gasteiger charge is -2.39. The fraction of sp³-hybridized carbons (Fsp3) is 0.842. The molecule has 7 heteroatoms. The quantitative estimate of drug-likeness (QED) is 0.314. The number of unbranched alkanes of at least 4 members (excludes halogenated alkanes) is 5. The van der Waals surface area contributed by atoms with Crippen molar-refractivity contribution < 1.29 is 14.4 Å². The van der Waals surface area contributed by atoms with E-state index in [2.05, 4.69) is 17.6 Å². The van der Waals surface area contributed by atoms with Crippen LogP contribution in [0.5, 0.6) is 0 Å². The number of amides is 3. The average molecular weight is 390 g/mol. The van der Waals surface area contributed by atoms with Crippen LogP contribution < -0.4 is 16.4 Å². The summed E-state index contributed by atoms with van der Waals surface area (Å²) in [4.78, 5) is 35.5. The Labute approximate surface area is 163 Å². The average Bonchev–Trinajstić information content (AvgIpc) is 2.98. The zero-order valence-corrected chi connectivity index (χ0v) is 17.0. The number of hydrogen-bond acceptors (Lipinski definition) is 3. The van der Waals surface area contributed by atoms with Crippen LogP contribution in [0.25, 0.3) is 0 Å². The minimum atomic E-state index is -1.13. The molecular formula is C19H36ClN3O3. The number of rotatable bonds is 14. The van der Waals surface area contributed by atoms with Crippen molar-refractivity contribution in [3.63, 3.8) is 0 Å². The Morgan fingerprint density at radius 1 is 1.31 bits per heavy atom. The summed E-state index contributed by atoms with van der Waals surface area (Å²) in [6.45, 7) is 4.83. The van der Waals surface area contributed by atoms with E-state index in [4.69, 9.17) is 5.73 Å². The van der Waals surface area contributed by atoms with Crippen LogP contribution in [0.3, 0.4) is 0 Å². The van der Waals surface area contributed by atoms with Gasteiger partial charge in [0.05, 0.1) is 0 Å². The maximum Gasteiger partial charge on any atom is 0.243 e. The molecule has 0 aliphatic carbocycles. The lowest BCUT2D eigenvalue weighted by atomic mass is 9.72. The van der Waals surface area contributed by atoms with Gasteiger partial charge < -0.3 is 16.4 Å². The molecule has 1 rings (SSSR count). The number of nitrogens with two attached hydrogens (primary N) is 1. The molecule has 0 saturated carbocycles. The predicted octanol–water partition coefficient (Wildman–Crippen LogP) is 2.68. The van der Waals surface area contributed by atoms with E-state index in [1.165, 1.54) is 25.7 Å². The second-order valence-corrected chi connectivity index (χ2v) is 7.24. The summed E-state index contributed by atoms with van der Waals surface area (Å²) in [5, 5.41) is 5.51. The van der Waals surface area contributed by atoms with E-state index in [9.17, 15) is 14.4 Å². The maximum atomic E-state index is 12.3. The van der Waals surface area contributed by atoms with E-state index >= 15 is 0 Å². The minimum absolute atomic E-state index is 0. The molecule has 0 aromatic rings. The lowest BCUT2D eigenvalue weighted by Crippen LogP contribution is -2.61. The van der Waals surface area contributed by atoms with Gasteiger partial charge in [0.15, 0.2) is 0 Å². The van der Waals surface area contributed by atoms with Crippen molar-refractivity contribution in [3.8, 4) is 0 Å². The molecule has 2 unspecified atom stereocenters. The van der Waals surface area contributed by atoms with E-state index < -0.39 is 11.4 Å². The largest absolute Gasteiger partial charge is 0.368 e. The molecule has 0 bridgehead atoms. The van der Waals surface area contributed by atoms with Gasteiger partial charge in [-0.2, -0.15) is 0 Å². The highest BCUT2D eigenvalue weighted by molar-refractivity contribution is 5.89. The SMILES string of the molecule is CCCCCCCCC(CC)C(C[C@@H]1CCNC1=O)(NC=O)C(N)=O.Cl. The number of halogens is 1. The van der Waals surface area contributed by atoms with Gasteiger partial charge in [-0.25, -0.2) is 0 Å². The highest BCUT2D eigenvalue weighted by atomic mass is 35.5. The van der Waals surface area contributed by atoms with Crippen LogP contribution in [0, 0.1) is 11.8 Å². The van der Waals surface area contributed by atoms with E-state index in [-0.39, 0.29) is 30.2 Å². The molecule has 6 nitrogen and oxygen atoms in total. The molecule has 0 spiro atoms. The number of nitrogens with one attached hydrogen (secondary N) is 2. The van der Waals surface area contributed by atoms with E-state index in [0.29, 0.717) is 25.8 Å². The Kier molecular flexibility index (Phi) is 12.3. The van der Waals surface area contributed by atoms with Crippen LogP contribution in [-0.2, 0) is 14.4 Å². The second-order valence-electron chi connectivity index (χ2n) is 7.24. The Morgan fingerprint density at radius 2 is 1.96 bits per heavy atom. The lowest BCUT2D eigenvalue weighted by molar-refractivity contribution is -0.133. The smallest absolute Gasteiger partial charge is 0.243 e. The summed E-state index contributed by atoms with van der Waals surface area (Å²) in [6, 6.07) is 0. The molecule has 0 aromatic carbocycles. The van der Waals surface area contributed by atoms with Crippen molar-refractivity contribution in [3.05, 3.63) is 0 Å². The van der Waals surface area contributed by atoms with E-state index in [1.54, 1.807) is 0 Å². The highest BCUT2D eigenvalue weighted by Crippen LogP contribution is 2.34. The van der Waals surface area contributed by atoms with Crippen LogP contribution in [0.1, 0.15) is 78.1 Å². The third-order valence-electron chi connectivity index (χ3n) is 5.58. The van der Waals surface area contributed by atoms with Crippen molar-refractivity contribution in [2.24, 2.45) is 17.6 Å². The Morgan fingerprint density at radius 3 is 2.46 bits per heavy atom.